The average molecular weight is 284 g/mol. The van der Waals surface area contributed by atoms with Crippen molar-refractivity contribution in [1.82, 2.24) is 15.5 Å². The summed E-state index contributed by atoms with van der Waals surface area (Å²) in [4.78, 5) is 7.09. The van der Waals surface area contributed by atoms with Gasteiger partial charge in [0.05, 0.1) is 13.2 Å². The molecule has 5 heteroatoms. The number of nitrogens with one attached hydrogen (secondary N) is 2. The van der Waals surface area contributed by atoms with Crippen LogP contribution in [0.4, 0.5) is 0 Å². The molecule has 0 spiro atoms. The zero-order valence-electron chi connectivity index (χ0n) is 13.5. The van der Waals surface area contributed by atoms with E-state index in [4.69, 9.17) is 4.74 Å². The Hall–Kier alpha value is -0.810. The maximum absolute atomic E-state index is 5.04. The van der Waals surface area contributed by atoms with Gasteiger partial charge in [-0.15, -0.1) is 0 Å². The molecule has 1 fully saturated rings. The van der Waals surface area contributed by atoms with E-state index in [-0.39, 0.29) is 0 Å². The molecular weight excluding hydrogens is 252 g/mol. The Morgan fingerprint density at radius 2 is 2.00 bits per heavy atom. The van der Waals surface area contributed by atoms with Crippen LogP contribution >= 0.6 is 0 Å². The quantitative estimate of drug-likeness (QED) is 0.402. The lowest BCUT2D eigenvalue weighted by Crippen LogP contribution is -2.40. The van der Waals surface area contributed by atoms with Gasteiger partial charge < -0.3 is 20.3 Å². The van der Waals surface area contributed by atoms with Crippen molar-refractivity contribution in [2.75, 3.05) is 46.9 Å². The zero-order chi connectivity index (χ0) is 14.6. The van der Waals surface area contributed by atoms with Crippen molar-refractivity contribution >= 4 is 5.96 Å². The first-order chi connectivity index (χ1) is 9.77. The summed E-state index contributed by atoms with van der Waals surface area (Å²) in [5, 5.41) is 6.53. The van der Waals surface area contributed by atoms with E-state index >= 15 is 0 Å². The first kappa shape index (κ1) is 17.2. The summed E-state index contributed by atoms with van der Waals surface area (Å²) in [7, 11) is 3.95. The maximum atomic E-state index is 5.04. The molecule has 118 valence electrons. The molecule has 0 aromatic carbocycles. The number of nitrogens with zero attached hydrogens (tertiary/aromatic N) is 2. The van der Waals surface area contributed by atoms with Crippen molar-refractivity contribution in [3.05, 3.63) is 0 Å². The smallest absolute Gasteiger partial charge is 0.191 e. The molecular formula is C15H32N4O. The minimum atomic E-state index is 0.701. The Morgan fingerprint density at radius 3 is 2.65 bits per heavy atom. The lowest BCUT2D eigenvalue weighted by Gasteiger charge is -2.30. The summed E-state index contributed by atoms with van der Waals surface area (Å²) in [6, 6.07) is 0.767. The molecule has 0 unspecified atom stereocenters. The number of guanidine groups is 1. The van der Waals surface area contributed by atoms with Crippen LogP contribution in [0.25, 0.3) is 0 Å². The third-order valence-corrected chi connectivity index (χ3v) is 3.86. The molecule has 1 aliphatic carbocycles. The van der Waals surface area contributed by atoms with Gasteiger partial charge in [-0.3, -0.25) is 4.99 Å². The second kappa shape index (κ2) is 10.9. The van der Waals surface area contributed by atoms with Gasteiger partial charge in [0.2, 0.25) is 0 Å². The molecule has 5 nitrogen and oxygen atoms in total. The molecule has 2 N–H and O–H groups in total. The molecule has 0 aliphatic heterocycles. The molecule has 0 aromatic heterocycles. The lowest BCUT2D eigenvalue weighted by molar-refractivity contribution is 0.196. The topological polar surface area (TPSA) is 48.9 Å². The summed E-state index contributed by atoms with van der Waals surface area (Å²) in [5.74, 6) is 0.890. The van der Waals surface area contributed by atoms with Crippen molar-refractivity contribution in [1.29, 1.82) is 0 Å². The number of methoxy groups -OCH3 is 1. The van der Waals surface area contributed by atoms with E-state index < -0.39 is 0 Å². The van der Waals surface area contributed by atoms with E-state index in [2.05, 4.69) is 34.5 Å². The second-order valence-electron chi connectivity index (χ2n) is 5.45. The van der Waals surface area contributed by atoms with Crippen LogP contribution < -0.4 is 10.6 Å². The van der Waals surface area contributed by atoms with Gasteiger partial charge in [0.25, 0.3) is 0 Å². The van der Waals surface area contributed by atoms with Gasteiger partial charge in [-0.05, 0) is 26.8 Å². The highest BCUT2D eigenvalue weighted by molar-refractivity contribution is 5.79. The molecule has 0 heterocycles. The van der Waals surface area contributed by atoms with Gasteiger partial charge in [0, 0.05) is 32.8 Å². The molecule has 0 atom stereocenters. The Morgan fingerprint density at radius 1 is 1.25 bits per heavy atom. The number of hydrogen-bond donors (Lipinski definition) is 2. The van der Waals surface area contributed by atoms with Crippen molar-refractivity contribution in [2.45, 2.75) is 45.1 Å². The fourth-order valence-corrected chi connectivity index (χ4v) is 2.64. The molecule has 1 saturated carbocycles. The second-order valence-corrected chi connectivity index (χ2v) is 5.45. The first-order valence-electron chi connectivity index (χ1n) is 7.99. The Labute approximate surface area is 124 Å². The predicted octanol–water partition coefficient (Wildman–Crippen LogP) is 1.45. The van der Waals surface area contributed by atoms with E-state index in [9.17, 15) is 0 Å². The third kappa shape index (κ3) is 7.10. The molecule has 0 amide bonds. The van der Waals surface area contributed by atoms with E-state index in [1.54, 1.807) is 7.11 Å². The van der Waals surface area contributed by atoms with Gasteiger partial charge in [-0.1, -0.05) is 19.3 Å². The SMILES string of the molecule is CCNC(=NCCN(C)C1CCCCC1)NCCOC. The van der Waals surface area contributed by atoms with E-state index in [0.29, 0.717) is 6.61 Å². The number of hydrogen-bond acceptors (Lipinski definition) is 3. The minimum absolute atomic E-state index is 0.701. The van der Waals surface area contributed by atoms with E-state index in [1.165, 1.54) is 32.1 Å². The Kier molecular flexibility index (Phi) is 9.41. The van der Waals surface area contributed by atoms with Crippen LogP contribution in [0.2, 0.25) is 0 Å². The fourth-order valence-electron chi connectivity index (χ4n) is 2.64. The number of ether oxygens (including phenoxy) is 1. The summed E-state index contributed by atoms with van der Waals surface area (Å²) in [6.45, 7) is 6.34. The predicted molar refractivity (Wildman–Crippen MR) is 85.4 cm³/mol. The van der Waals surface area contributed by atoms with Crippen molar-refractivity contribution < 1.29 is 4.74 Å². The van der Waals surface area contributed by atoms with Gasteiger partial charge in [0.1, 0.15) is 0 Å². The standard InChI is InChI=1S/C15H32N4O/c1-4-16-15(18-11-13-20-3)17-10-12-19(2)14-8-6-5-7-9-14/h14H,4-13H2,1-3H3,(H2,16,17,18). The number of aliphatic imine (C=N–C) groups is 1. The maximum Gasteiger partial charge on any atom is 0.191 e. The lowest BCUT2D eigenvalue weighted by atomic mass is 9.94. The molecule has 0 radical (unpaired) electrons. The van der Waals surface area contributed by atoms with Gasteiger partial charge in [0.15, 0.2) is 5.96 Å². The number of rotatable bonds is 8. The van der Waals surface area contributed by atoms with Crippen LogP contribution in [0, 0.1) is 0 Å². The van der Waals surface area contributed by atoms with Crippen LogP contribution in [0.3, 0.4) is 0 Å². The molecule has 1 aliphatic rings. The monoisotopic (exact) mass is 284 g/mol. The fraction of sp³-hybridized carbons (Fsp3) is 0.933. The molecule has 0 bridgehead atoms. The summed E-state index contributed by atoms with van der Waals surface area (Å²) in [6.07, 6.45) is 6.90. The largest absolute Gasteiger partial charge is 0.383 e. The number of likely N-dealkylation sites (N-methyl/N-ethyl adjacent to an activating group) is 1. The summed E-state index contributed by atoms with van der Waals surface area (Å²) >= 11 is 0. The van der Waals surface area contributed by atoms with Gasteiger partial charge in [-0.2, -0.15) is 0 Å². The average Bonchev–Trinajstić information content (AvgIpc) is 2.48. The highest BCUT2D eigenvalue weighted by atomic mass is 16.5. The van der Waals surface area contributed by atoms with E-state index in [1.807, 2.05) is 0 Å². The molecule has 1 rings (SSSR count). The zero-order valence-corrected chi connectivity index (χ0v) is 13.5. The van der Waals surface area contributed by atoms with E-state index in [0.717, 1.165) is 38.2 Å². The van der Waals surface area contributed by atoms with Crippen LogP contribution in [0.15, 0.2) is 4.99 Å². The van der Waals surface area contributed by atoms with Crippen molar-refractivity contribution in [2.24, 2.45) is 4.99 Å². The van der Waals surface area contributed by atoms with Crippen LogP contribution in [-0.4, -0.2) is 63.8 Å². The summed E-state index contributed by atoms with van der Waals surface area (Å²) < 4.78 is 5.04. The summed E-state index contributed by atoms with van der Waals surface area (Å²) in [5.41, 5.74) is 0. The third-order valence-electron chi connectivity index (χ3n) is 3.86. The van der Waals surface area contributed by atoms with Crippen molar-refractivity contribution in [3.63, 3.8) is 0 Å². The molecule has 0 saturated heterocycles. The van der Waals surface area contributed by atoms with Crippen LogP contribution in [0.5, 0.6) is 0 Å². The highest BCUT2D eigenvalue weighted by Gasteiger charge is 2.17. The van der Waals surface area contributed by atoms with Crippen LogP contribution in [0.1, 0.15) is 39.0 Å². The van der Waals surface area contributed by atoms with Gasteiger partial charge in [-0.25, -0.2) is 0 Å². The normalized spacial score (nSPS) is 17.5. The first-order valence-corrected chi connectivity index (χ1v) is 7.99. The van der Waals surface area contributed by atoms with Gasteiger partial charge >= 0.3 is 0 Å². The molecule has 0 aromatic rings. The highest BCUT2D eigenvalue weighted by Crippen LogP contribution is 2.21. The van der Waals surface area contributed by atoms with Crippen molar-refractivity contribution in [3.8, 4) is 0 Å². The minimum Gasteiger partial charge on any atom is -0.383 e. The van der Waals surface area contributed by atoms with Crippen LogP contribution in [-0.2, 0) is 4.74 Å². The Balaban J connectivity index is 2.26. The molecule has 20 heavy (non-hydrogen) atoms. The Bertz CT molecular complexity index is 265.